The van der Waals surface area contributed by atoms with Gasteiger partial charge in [0.15, 0.2) is 0 Å². The molecule has 0 aromatic carbocycles. The molecule has 1 unspecified atom stereocenters. The highest BCUT2D eigenvalue weighted by Crippen LogP contribution is 2.20. The number of carbonyl (C=O) groups is 1. The van der Waals surface area contributed by atoms with E-state index in [1.165, 1.54) is 17.5 Å². The molecule has 3 N–H and O–H groups in total. The summed E-state index contributed by atoms with van der Waals surface area (Å²) < 4.78 is 5.45. The molecule has 0 saturated heterocycles. The lowest BCUT2D eigenvalue weighted by molar-refractivity contribution is 0.0957. The molecule has 7 heteroatoms. The van der Waals surface area contributed by atoms with E-state index in [0.717, 1.165) is 12.8 Å². The normalized spacial score (nSPS) is 13.2. The van der Waals surface area contributed by atoms with Gasteiger partial charge in [-0.2, -0.15) is 0 Å². The van der Waals surface area contributed by atoms with Crippen LogP contribution in [0, 0.1) is 0 Å². The number of carbonyl (C=O) groups excluding carboxylic acids is 1. The summed E-state index contributed by atoms with van der Waals surface area (Å²) in [7, 11) is 0. The van der Waals surface area contributed by atoms with Gasteiger partial charge < -0.3 is 20.5 Å². The highest BCUT2D eigenvalue weighted by Gasteiger charge is 2.14. The number of hydrogen-bond donors (Lipinski definition) is 3. The molecule has 24 heavy (non-hydrogen) atoms. The van der Waals surface area contributed by atoms with Gasteiger partial charge in [0.2, 0.25) is 0 Å². The number of nitrogens with zero attached hydrogens (tertiary/aromatic N) is 1. The average Bonchev–Trinajstić information content (AvgIpc) is 2.99. The predicted octanol–water partition coefficient (Wildman–Crippen LogP) is 2.36. The number of nitrogens with one attached hydrogen (secondary N) is 2. The summed E-state index contributed by atoms with van der Waals surface area (Å²) in [5.74, 6) is -0.141. The molecule has 136 valence electrons. The van der Waals surface area contributed by atoms with Crippen molar-refractivity contribution in [3.63, 3.8) is 0 Å². The summed E-state index contributed by atoms with van der Waals surface area (Å²) in [6.07, 6.45) is 6.81. The third kappa shape index (κ3) is 9.00. The van der Waals surface area contributed by atoms with Crippen molar-refractivity contribution in [3.05, 3.63) is 23.2 Å². The number of ether oxygens (including phenoxy) is 1. The molecular formula is C17H29N3O3S. The predicted molar refractivity (Wildman–Crippen MR) is 97.8 cm³/mol. The fraction of sp³-hybridized carbons (Fsp3) is 0.647. The molecule has 0 saturated carbocycles. The van der Waals surface area contributed by atoms with Crippen LogP contribution in [-0.2, 0) is 0 Å². The molecule has 0 aliphatic heterocycles. The minimum absolute atomic E-state index is 0.0552. The second-order valence-electron chi connectivity index (χ2n) is 6.55. The zero-order valence-electron chi connectivity index (χ0n) is 15.0. The first-order valence-corrected chi connectivity index (χ1v) is 9.04. The van der Waals surface area contributed by atoms with E-state index < -0.39 is 6.10 Å². The summed E-state index contributed by atoms with van der Waals surface area (Å²) in [6.45, 7) is 9.29. The van der Waals surface area contributed by atoms with Gasteiger partial charge >= 0.3 is 0 Å². The van der Waals surface area contributed by atoms with Crippen LogP contribution in [0.25, 0.3) is 0 Å². The number of thiazole rings is 1. The van der Waals surface area contributed by atoms with Crippen LogP contribution in [0.15, 0.2) is 18.3 Å². The van der Waals surface area contributed by atoms with Gasteiger partial charge in [-0.05, 0) is 40.5 Å². The zero-order chi connectivity index (χ0) is 18.0. The molecule has 0 spiro atoms. The van der Waals surface area contributed by atoms with Crippen molar-refractivity contribution in [2.75, 3.05) is 19.7 Å². The molecule has 0 aliphatic carbocycles. The SMILES string of the molecule is C/C=C/CCCNC(=O)c1cnc(OCC(O)CNC(C)(C)C)s1. The van der Waals surface area contributed by atoms with E-state index in [9.17, 15) is 9.90 Å². The number of aliphatic hydroxyl groups is 1. The Balaban J connectivity index is 2.30. The minimum Gasteiger partial charge on any atom is -0.467 e. The summed E-state index contributed by atoms with van der Waals surface area (Å²) in [5, 5.41) is 16.3. The molecule has 1 atom stereocenters. The molecule has 0 radical (unpaired) electrons. The number of aliphatic hydroxyl groups excluding tert-OH is 1. The van der Waals surface area contributed by atoms with Crippen molar-refractivity contribution in [1.82, 2.24) is 15.6 Å². The second-order valence-corrected chi connectivity index (χ2v) is 7.55. The van der Waals surface area contributed by atoms with E-state index in [2.05, 4.69) is 21.7 Å². The Morgan fingerprint density at radius 2 is 2.25 bits per heavy atom. The summed E-state index contributed by atoms with van der Waals surface area (Å²) in [6, 6.07) is 0. The first-order chi connectivity index (χ1) is 11.3. The minimum atomic E-state index is -0.628. The lowest BCUT2D eigenvalue weighted by Gasteiger charge is -2.22. The van der Waals surface area contributed by atoms with Gasteiger partial charge in [-0.3, -0.25) is 4.79 Å². The van der Waals surface area contributed by atoms with E-state index >= 15 is 0 Å². The van der Waals surface area contributed by atoms with Gasteiger partial charge in [0.05, 0.1) is 6.20 Å². The van der Waals surface area contributed by atoms with Crippen molar-refractivity contribution in [2.45, 2.75) is 52.2 Å². The summed E-state index contributed by atoms with van der Waals surface area (Å²) in [4.78, 5) is 16.5. The number of β-amino-alcohol motifs (C(OH)–C–C–N with tert-alkyl or cyclic N) is 1. The summed E-state index contributed by atoms with van der Waals surface area (Å²) in [5.41, 5.74) is -0.0552. The van der Waals surface area contributed by atoms with Crippen LogP contribution in [0.4, 0.5) is 0 Å². The smallest absolute Gasteiger partial charge is 0.273 e. The Morgan fingerprint density at radius 1 is 1.50 bits per heavy atom. The standard InChI is InChI=1S/C17H29N3O3S/c1-5-6-7-8-9-18-15(22)14-11-19-16(24-14)23-12-13(21)10-20-17(2,3)4/h5-6,11,13,20-21H,7-10,12H2,1-4H3,(H,18,22)/b6-5+. The van der Waals surface area contributed by atoms with Crippen LogP contribution in [0.2, 0.25) is 0 Å². The number of rotatable bonds is 10. The van der Waals surface area contributed by atoms with Gasteiger partial charge in [-0.15, -0.1) is 0 Å². The first kappa shape index (κ1) is 20.6. The summed E-state index contributed by atoms with van der Waals surface area (Å²) >= 11 is 1.18. The molecule has 1 heterocycles. The number of amides is 1. The fourth-order valence-corrected chi connectivity index (χ4v) is 2.45. The van der Waals surface area contributed by atoms with Gasteiger partial charge in [-0.25, -0.2) is 4.98 Å². The van der Waals surface area contributed by atoms with E-state index in [1.807, 2.05) is 33.8 Å². The highest BCUT2D eigenvalue weighted by atomic mass is 32.1. The first-order valence-electron chi connectivity index (χ1n) is 8.23. The molecule has 0 fully saturated rings. The Bertz CT molecular complexity index is 523. The number of aromatic nitrogens is 1. The van der Waals surface area contributed by atoms with Crippen LogP contribution in [0.1, 0.15) is 50.2 Å². The molecule has 1 rings (SSSR count). The zero-order valence-corrected chi connectivity index (χ0v) is 15.8. The third-order valence-electron chi connectivity index (χ3n) is 3.04. The molecule has 0 bridgehead atoms. The Morgan fingerprint density at radius 3 is 2.92 bits per heavy atom. The Labute approximate surface area is 148 Å². The average molecular weight is 356 g/mol. The maximum Gasteiger partial charge on any atom is 0.273 e. The molecule has 6 nitrogen and oxygen atoms in total. The van der Waals surface area contributed by atoms with E-state index in [1.54, 1.807) is 0 Å². The fourth-order valence-electron chi connectivity index (χ4n) is 1.76. The van der Waals surface area contributed by atoms with Gasteiger partial charge in [0.1, 0.15) is 17.6 Å². The number of unbranched alkanes of at least 4 members (excludes halogenated alkanes) is 1. The van der Waals surface area contributed by atoms with Crippen LogP contribution in [0.5, 0.6) is 5.19 Å². The molecular weight excluding hydrogens is 326 g/mol. The Kier molecular flexibility index (Phi) is 8.95. The lowest BCUT2D eigenvalue weighted by Crippen LogP contribution is -2.42. The van der Waals surface area contributed by atoms with Crippen molar-refractivity contribution < 1.29 is 14.6 Å². The van der Waals surface area contributed by atoms with Crippen LogP contribution < -0.4 is 15.4 Å². The van der Waals surface area contributed by atoms with Crippen LogP contribution in [0.3, 0.4) is 0 Å². The van der Waals surface area contributed by atoms with Crippen molar-refractivity contribution in [1.29, 1.82) is 0 Å². The quantitative estimate of drug-likeness (QED) is 0.443. The van der Waals surface area contributed by atoms with Gasteiger partial charge in [0, 0.05) is 18.6 Å². The second kappa shape index (κ2) is 10.4. The maximum atomic E-state index is 12.0. The van der Waals surface area contributed by atoms with Crippen molar-refractivity contribution >= 4 is 17.2 Å². The molecule has 0 aliphatic rings. The number of hydrogen-bond acceptors (Lipinski definition) is 6. The van der Waals surface area contributed by atoms with Crippen LogP contribution in [-0.4, -0.2) is 47.3 Å². The number of allylic oxidation sites excluding steroid dienone is 2. The monoisotopic (exact) mass is 355 g/mol. The molecule has 1 aromatic rings. The van der Waals surface area contributed by atoms with E-state index in [-0.39, 0.29) is 18.1 Å². The van der Waals surface area contributed by atoms with Crippen molar-refractivity contribution in [2.24, 2.45) is 0 Å². The maximum absolute atomic E-state index is 12.0. The van der Waals surface area contributed by atoms with E-state index in [0.29, 0.717) is 23.2 Å². The topological polar surface area (TPSA) is 83.5 Å². The highest BCUT2D eigenvalue weighted by molar-refractivity contribution is 7.15. The van der Waals surface area contributed by atoms with Gasteiger partial charge in [-0.1, -0.05) is 23.5 Å². The third-order valence-corrected chi connectivity index (χ3v) is 3.95. The Hall–Kier alpha value is -1.44. The largest absolute Gasteiger partial charge is 0.467 e. The van der Waals surface area contributed by atoms with Gasteiger partial charge in [0.25, 0.3) is 11.1 Å². The molecule has 1 aromatic heterocycles. The van der Waals surface area contributed by atoms with Crippen molar-refractivity contribution in [3.8, 4) is 5.19 Å². The lowest BCUT2D eigenvalue weighted by atomic mass is 10.1. The van der Waals surface area contributed by atoms with Crippen LogP contribution >= 0.6 is 11.3 Å². The van der Waals surface area contributed by atoms with E-state index in [4.69, 9.17) is 4.74 Å². The molecule has 1 amide bonds.